The van der Waals surface area contributed by atoms with Crippen LogP contribution in [0.15, 0.2) is 79.0 Å². The van der Waals surface area contributed by atoms with Crippen molar-refractivity contribution in [2.24, 2.45) is 0 Å². The van der Waals surface area contributed by atoms with E-state index in [9.17, 15) is 18.0 Å². The zero-order chi connectivity index (χ0) is 25.6. The van der Waals surface area contributed by atoms with E-state index in [1.54, 1.807) is 4.68 Å². The molecule has 6 rings (SSSR count). The molecule has 7 nitrogen and oxygen atoms in total. The number of benzene rings is 2. The maximum atomic E-state index is 13.7. The van der Waals surface area contributed by atoms with Crippen molar-refractivity contribution < 1.29 is 18.0 Å². The van der Waals surface area contributed by atoms with Crippen LogP contribution in [0.4, 0.5) is 13.2 Å². The first-order chi connectivity index (χ1) is 17.9. The minimum Gasteiger partial charge on any atom is -0.346 e. The summed E-state index contributed by atoms with van der Waals surface area (Å²) in [5.41, 5.74) is 2.48. The number of aromatic nitrogens is 5. The number of nitrogens with zero attached hydrogens (tertiary/aromatic N) is 5. The number of hydrogen-bond donors (Lipinski definition) is 1. The minimum absolute atomic E-state index is 0.00347. The summed E-state index contributed by atoms with van der Waals surface area (Å²) in [7, 11) is 0. The van der Waals surface area contributed by atoms with E-state index >= 15 is 0 Å². The second kappa shape index (κ2) is 8.88. The van der Waals surface area contributed by atoms with E-state index in [4.69, 9.17) is 5.10 Å². The summed E-state index contributed by atoms with van der Waals surface area (Å²) in [5, 5.41) is 11.4. The van der Waals surface area contributed by atoms with Gasteiger partial charge in [-0.1, -0.05) is 48.5 Å². The Kier molecular flexibility index (Phi) is 5.51. The maximum Gasteiger partial charge on any atom is 0.433 e. The fraction of sp³-hybridized carbons (Fsp3) is 0.185. The molecule has 1 amide bonds. The summed E-state index contributed by atoms with van der Waals surface area (Å²) in [5.74, 6) is -0.575. The lowest BCUT2D eigenvalue weighted by Crippen LogP contribution is -2.23. The van der Waals surface area contributed by atoms with Gasteiger partial charge in [0.2, 0.25) is 0 Å². The number of hydrogen-bond acceptors (Lipinski definition) is 4. The molecule has 1 N–H and O–H groups in total. The molecule has 0 spiro atoms. The summed E-state index contributed by atoms with van der Waals surface area (Å²) in [6, 6.07) is 21.4. The standard InChI is InChI=1S/C27H21F3N6O/c28-27(29,30)23-13-21(17-11-12-17)32-24-14-22(33-36(23)24)26(37)31-15-19-16-35(20-9-5-2-6-10-20)34-25(19)18-7-3-1-4-8-18/h1-10,13-14,16-17H,11-12,15H2,(H,31,37). The molecule has 0 unspecified atom stereocenters. The second-order valence-electron chi connectivity index (χ2n) is 8.97. The molecule has 1 aliphatic rings. The van der Waals surface area contributed by atoms with Crippen molar-refractivity contribution in [3.8, 4) is 16.9 Å². The monoisotopic (exact) mass is 502 g/mol. The molecule has 10 heteroatoms. The highest BCUT2D eigenvalue weighted by Crippen LogP contribution is 2.41. The summed E-state index contributed by atoms with van der Waals surface area (Å²) in [6.07, 6.45) is -1.18. The van der Waals surface area contributed by atoms with Gasteiger partial charge in [-0.3, -0.25) is 4.79 Å². The third-order valence-electron chi connectivity index (χ3n) is 6.26. The van der Waals surface area contributed by atoms with Crippen LogP contribution in [-0.4, -0.2) is 30.3 Å². The van der Waals surface area contributed by atoms with E-state index in [2.05, 4.69) is 15.4 Å². The molecule has 0 radical (unpaired) electrons. The summed E-state index contributed by atoms with van der Waals surface area (Å²) in [6.45, 7) is 0.108. The van der Waals surface area contributed by atoms with Crippen LogP contribution in [-0.2, 0) is 12.7 Å². The van der Waals surface area contributed by atoms with Crippen molar-refractivity contribution >= 4 is 11.6 Å². The van der Waals surface area contributed by atoms with Gasteiger partial charge < -0.3 is 5.32 Å². The van der Waals surface area contributed by atoms with Gasteiger partial charge >= 0.3 is 6.18 Å². The van der Waals surface area contributed by atoms with Crippen molar-refractivity contribution in [1.82, 2.24) is 29.7 Å². The van der Waals surface area contributed by atoms with Gasteiger partial charge in [-0.2, -0.15) is 23.4 Å². The number of amides is 1. The zero-order valence-corrected chi connectivity index (χ0v) is 19.5. The minimum atomic E-state index is -4.62. The van der Waals surface area contributed by atoms with Crippen LogP contribution in [0, 0.1) is 0 Å². The Hall–Kier alpha value is -4.47. The highest BCUT2D eigenvalue weighted by Gasteiger charge is 2.37. The van der Waals surface area contributed by atoms with E-state index in [0.29, 0.717) is 15.9 Å². The summed E-state index contributed by atoms with van der Waals surface area (Å²) >= 11 is 0. The van der Waals surface area contributed by atoms with Gasteiger partial charge in [0, 0.05) is 41.5 Å². The number of carbonyl (C=O) groups excluding carboxylic acids is 1. The Morgan fingerprint density at radius 3 is 2.35 bits per heavy atom. The molecule has 1 saturated carbocycles. The molecule has 2 aromatic carbocycles. The molecule has 0 saturated heterocycles. The third-order valence-corrected chi connectivity index (χ3v) is 6.26. The second-order valence-corrected chi connectivity index (χ2v) is 8.97. The van der Waals surface area contributed by atoms with E-state index in [0.717, 1.165) is 35.7 Å². The SMILES string of the molecule is O=C(NCc1cn(-c2ccccc2)nc1-c1ccccc1)c1cc2nc(C3CC3)cc(C(F)(F)F)n2n1. The van der Waals surface area contributed by atoms with Crippen molar-refractivity contribution in [3.05, 3.63) is 102 Å². The van der Waals surface area contributed by atoms with E-state index < -0.39 is 17.8 Å². The third kappa shape index (κ3) is 4.57. The molecule has 1 fully saturated rings. The van der Waals surface area contributed by atoms with Crippen LogP contribution in [0.25, 0.3) is 22.6 Å². The highest BCUT2D eigenvalue weighted by atomic mass is 19.4. The van der Waals surface area contributed by atoms with E-state index in [-0.39, 0.29) is 23.8 Å². The number of fused-ring (bicyclic) bond motifs is 1. The molecule has 3 aromatic heterocycles. The molecule has 3 heterocycles. The first-order valence-electron chi connectivity index (χ1n) is 11.8. The Morgan fingerprint density at radius 2 is 1.68 bits per heavy atom. The van der Waals surface area contributed by atoms with E-state index in [1.807, 2.05) is 66.9 Å². The lowest BCUT2D eigenvalue weighted by atomic mass is 10.1. The van der Waals surface area contributed by atoms with Crippen molar-refractivity contribution in [2.75, 3.05) is 0 Å². The van der Waals surface area contributed by atoms with Gasteiger partial charge in [-0.15, -0.1) is 0 Å². The number of nitrogens with one attached hydrogen (secondary N) is 1. The molecule has 37 heavy (non-hydrogen) atoms. The number of rotatable bonds is 6. The van der Waals surface area contributed by atoms with Gasteiger partial charge in [-0.05, 0) is 31.0 Å². The highest BCUT2D eigenvalue weighted by molar-refractivity contribution is 5.93. The fourth-order valence-corrected chi connectivity index (χ4v) is 4.25. The molecule has 0 bridgehead atoms. The van der Waals surface area contributed by atoms with Gasteiger partial charge in [0.25, 0.3) is 5.91 Å². The quantitative estimate of drug-likeness (QED) is 0.337. The lowest BCUT2D eigenvalue weighted by molar-refractivity contribution is -0.142. The number of carbonyl (C=O) groups is 1. The Labute approximate surface area is 209 Å². The van der Waals surface area contributed by atoms with Crippen molar-refractivity contribution in [2.45, 2.75) is 31.5 Å². The summed E-state index contributed by atoms with van der Waals surface area (Å²) < 4.78 is 43.6. The number of halogens is 3. The topological polar surface area (TPSA) is 77.1 Å². The normalized spacial score (nSPS) is 13.7. The average molecular weight is 503 g/mol. The number of alkyl halides is 3. The van der Waals surface area contributed by atoms with Crippen LogP contribution in [0.5, 0.6) is 0 Å². The van der Waals surface area contributed by atoms with Gasteiger partial charge in [-0.25, -0.2) is 14.2 Å². The van der Waals surface area contributed by atoms with Crippen molar-refractivity contribution in [3.63, 3.8) is 0 Å². The molecular formula is C27H21F3N6O. The maximum absolute atomic E-state index is 13.7. The van der Waals surface area contributed by atoms with Crippen LogP contribution >= 0.6 is 0 Å². The zero-order valence-electron chi connectivity index (χ0n) is 19.5. The smallest absolute Gasteiger partial charge is 0.346 e. The fourth-order valence-electron chi connectivity index (χ4n) is 4.25. The average Bonchev–Trinajstić information content (AvgIpc) is 3.52. The van der Waals surface area contributed by atoms with Crippen LogP contribution < -0.4 is 5.32 Å². The molecule has 0 aliphatic heterocycles. The van der Waals surface area contributed by atoms with Gasteiger partial charge in [0.15, 0.2) is 11.3 Å². The summed E-state index contributed by atoms with van der Waals surface area (Å²) in [4.78, 5) is 17.3. The van der Waals surface area contributed by atoms with Gasteiger partial charge in [0.1, 0.15) is 5.69 Å². The molecule has 5 aromatic rings. The predicted molar refractivity (Wildman–Crippen MR) is 130 cm³/mol. The van der Waals surface area contributed by atoms with Crippen LogP contribution in [0.1, 0.15) is 46.2 Å². The molecule has 0 atom stereocenters. The lowest BCUT2D eigenvalue weighted by Gasteiger charge is -2.10. The van der Waals surface area contributed by atoms with Gasteiger partial charge in [0.05, 0.1) is 11.4 Å². The van der Waals surface area contributed by atoms with Crippen molar-refractivity contribution in [1.29, 1.82) is 0 Å². The predicted octanol–water partition coefficient (Wildman–Crippen LogP) is 5.41. The first kappa shape index (κ1) is 23.0. The first-order valence-corrected chi connectivity index (χ1v) is 11.8. The van der Waals surface area contributed by atoms with Crippen LogP contribution in [0.2, 0.25) is 0 Å². The molecular weight excluding hydrogens is 481 g/mol. The largest absolute Gasteiger partial charge is 0.433 e. The van der Waals surface area contributed by atoms with Crippen LogP contribution in [0.3, 0.4) is 0 Å². The van der Waals surface area contributed by atoms with E-state index in [1.165, 1.54) is 6.07 Å². The number of para-hydroxylation sites is 1. The molecule has 1 aliphatic carbocycles. The Balaban J connectivity index is 1.30. The Bertz CT molecular complexity index is 1590. The molecule has 186 valence electrons. The Morgan fingerprint density at radius 1 is 0.973 bits per heavy atom.